The normalized spacial score (nSPS) is 23.4. The zero-order valence-electron chi connectivity index (χ0n) is 16.2. The van der Waals surface area contributed by atoms with Crippen LogP contribution < -0.4 is 11.5 Å². The average Bonchev–Trinajstić information content (AvgIpc) is 3.27. The minimum Gasteiger partial charge on any atom is -0.458 e. The zero-order chi connectivity index (χ0) is 23.3. The van der Waals surface area contributed by atoms with E-state index in [1.807, 2.05) is 12.4 Å². The van der Waals surface area contributed by atoms with Crippen LogP contribution in [0.15, 0.2) is 9.98 Å². The third kappa shape index (κ3) is 12.7. The second-order valence-corrected chi connectivity index (χ2v) is 10.1. The van der Waals surface area contributed by atoms with Gasteiger partial charge in [0.15, 0.2) is 9.99 Å². The lowest BCUT2D eigenvalue weighted by atomic mass is 10.2. The second kappa shape index (κ2) is 13.6. The van der Waals surface area contributed by atoms with E-state index in [0.29, 0.717) is 10.7 Å². The summed E-state index contributed by atoms with van der Waals surface area (Å²) in [5.74, 6) is -0.365. The van der Waals surface area contributed by atoms with E-state index in [4.69, 9.17) is 11.5 Å². The van der Waals surface area contributed by atoms with E-state index in [1.54, 1.807) is 23.5 Å². The third-order valence-electron chi connectivity index (χ3n) is 3.46. The standard InChI is InChI=1S/C9H16N4S2.C6H6O8S2/c10-8(12-4-6-14-8)2-1-3-9(11)13-5-7-15-9;7-5(3-15(9)10)13-1-2-14-6(8)4-16(11)12/h4-5H,1-3,6-7,10-11H2;3-4H,1-2H2. The van der Waals surface area contributed by atoms with E-state index in [2.05, 4.69) is 19.5 Å². The summed E-state index contributed by atoms with van der Waals surface area (Å²) in [5, 5.41) is 0.585. The number of nitrogens with zero attached hydrogens (tertiary/aromatic N) is 2. The zero-order valence-corrected chi connectivity index (χ0v) is 19.5. The van der Waals surface area contributed by atoms with Crippen molar-refractivity contribution in [3.8, 4) is 0 Å². The van der Waals surface area contributed by atoms with Gasteiger partial charge in [-0.3, -0.25) is 21.5 Å². The fourth-order valence-corrected chi connectivity index (χ4v) is 4.40. The average molecular weight is 515 g/mol. The van der Waals surface area contributed by atoms with E-state index in [1.165, 1.54) is 0 Å². The van der Waals surface area contributed by atoms with Crippen LogP contribution in [0.1, 0.15) is 19.3 Å². The Kier molecular flexibility index (Phi) is 12.0. The van der Waals surface area contributed by atoms with E-state index >= 15 is 0 Å². The summed E-state index contributed by atoms with van der Waals surface area (Å²) in [6.45, 7) is -0.755. The molecule has 31 heavy (non-hydrogen) atoms. The van der Waals surface area contributed by atoms with Gasteiger partial charge in [0, 0.05) is 23.9 Å². The van der Waals surface area contributed by atoms with Crippen molar-refractivity contribution >= 4 is 79.2 Å². The number of carbonyl (C=O) groups is 2. The minimum atomic E-state index is -2.66. The number of thioether (sulfide) groups is 2. The molecule has 0 saturated heterocycles. The van der Waals surface area contributed by atoms with Gasteiger partial charge in [-0.25, -0.2) is 9.59 Å². The number of esters is 2. The highest BCUT2D eigenvalue weighted by molar-refractivity contribution is 8.01. The number of hydrogen-bond acceptors (Lipinski definition) is 14. The summed E-state index contributed by atoms with van der Waals surface area (Å²) >= 11 is 3.39. The van der Waals surface area contributed by atoms with Crippen LogP contribution in [0.25, 0.3) is 0 Å². The maximum atomic E-state index is 10.6. The molecule has 16 heteroatoms. The first-order valence-electron chi connectivity index (χ1n) is 8.66. The Morgan fingerprint density at radius 2 is 1.26 bits per heavy atom. The molecule has 174 valence electrons. The predicted molar refractivity (Wildman–Crippen MR) is 121 cm³/mol. The molecule has 0 saturated carbocycles. The molecule has 2 aliphatic heterocycles. The van der Waals surface area contributed by atoms with Gasteiger partial charge in [0.25, 0.3) is 0 Å². The molecule has 0 radical (unpaired) electrons. The van der Waals surface area contributed by atoms with Crippen molar-refractivity contribution in [3.05, 3.63) is 0 Å². The van der Waals surface area contributed by atoms with Gasteiger partial charge in [0.05, 0.1) is 0 Å². The van der Waals surface area contributed by atoms with Crippen LogP contribution in [0.2, 0.25) is 0 Å². The quantitative estimate of drug-likeness (QED) is 0.204. The highest BCUT2D eigenvalue weighted by Gasteiger charge is 2.31. The summed E-state index contributed by atoms with van der Waals surface area (Å²) in [4.78, 5) is 28.9. The monoisotopic (exact) mass is 514 g/mol. The molecule has 0 aliphatic carbocycles. The molecule has 2 atom stereocenters. The van der Waals surface area contributed by atoms with Gasteiger partial charge in [0.2, 0.25) is 20.6 Å². The molecule has 0 aromatic heterocycles. The maximum absolute atomic E-state index is 10.6. The molecule has 2 unspecified atom stereocenters. The number of ether oxygens (including phenoxy) is 2. The van der Waals surface area contributed by atoms with Gasteiger partial charge < -0.3 is 9.47 Å². The lowest BCUT2D eigenvalue weighted by Crippen LogP contribution is -2.35. The van der Waals surface area contributed by atoms with Crippen LogP contribution in [-0.4, -0.2) is 86.6 Å². The molecule has 0 fully saturated rings. The summed E-state index contributed by atoms with van der Waals surface area (Å²) in [6, 6.07) is 0. The molecular weight excluding hydrogens is 492 g/mol. The van der Waals surface area contributed by atoms with E-state index in [9.17, 15) is 26.4 Å². The van der Waals surface area contributed by atoms with Crippen molar-refractivity contribution in [2.45, 2.75) is 29.3 Å². The molecular formula is C15H22N4O8S4. The number of aliphatic imine (C=N–C) groups is 2. The molecule has 0 amide bonds. The maximum Gasteiger partial charge on any atom is 0.346 e. The number of carbonyl (C=O) groups excluding carboxylic acids is 2. The fraction of sp³-hybridized carbons (Fsp3) is 0.600. The first-order valence-corrected chi connectivity index (χ1v) is 12.9. The fourth-order valence-electron chi connectivity index (χ4n) is 2.20. The Bertz CT molecular complexity index is 885. The van der Waals surface area contributed by atoms with Crippen LogP contribution in [0.5, 0.6) is 0 Å². The van der Waals surface area contributed by atoms with Gasteiger partial charge in [-0.15, -0.1) is 23.5 Å². The molecule has 2 heterocycles. The summed E-state index contributed by atoms with van der Waals surface area (Å²) < 4.78 is 48.4. The molecule has 12 nitrogen and oxygen atoms in total. The second-order valence-electron chi connectivity index (χ2n) is 5.88. The predicted octanol–water partition coefficient (Wildman–Crippen LogP) is -1.55. The lowest BCUT2D eigenvalue weighted by molar-refractivity contribution is -0.142. The van der Waals surface area contributed by atoms with Gasteiger partial charge in [-0.2, -0.15) is 16.8 Å². The molecule has 4 N–H and O–H groups in total. The Morgan fingerprint density at radius 3 is 1.55 bits per heavy atom. The van der Waals surface area contributed by atoms with Gasteiger partial charge in [-0.1, -0.05) is 0 Å². The van der Waals surface area contributed by atoms with Crippen molar-refractivity contribution in [2.75, 3.05) is 24.7 Å². The van der Waals surface area contributed by atoms with Crippen molar-refractivity contribution < 1.29 is 35.9 Å². The number of nitrogens with two attached hydrogens (primary N) is 2. The molecule has 2 aliphatic rings. The first-order chi connectivity index (χ1) is 14.5. The highest BCUT2D eigenvalue weighted by atomic mass is 32.2. The summed E-state index contributed by atoms with van der Waals surface area (Å²) in [5.41, 5.74) is 12.1. The number of rotatable bonds is 9. The van der Waals surface area contributed by atoms with Gasteiger partial charge in [0.1, 0.15) is 23.9 Å². The third-order valence-corrected chi connectivity index (χ3v) is 6.48. The molecule has 0 spiro atoms. The van der Waals surface area contributed by atoms with Crippen LogP contribution in [0.3, 0.4) is 0 Å². The van der Waals surface area contributed by atoms with Crippen LogP contribution >= 0.6 is 23.5 Å². The largest absolute Gasteiger partial charge is 0.458 e. The van der Waals surface area contributed by atoms with Crippen molar-refractivity contribution in [3.63, 3.8) is 0 Å². The SMILES string of the molecule is NC1(CCCC2(N)N=CCS2)N=CCS1.O=C(C=S(=O)=O)OCCOC(=O)C=S(=O)=O. The van der Waals surface area contributed by atoms with Gasteiger partial charge >= 0.3 is 11.9 Å². The topological polar surface area (TPSA) is 198 Å². The number of hydrogen-bond donors (Lipinski definition) is 2. The van der Waals surface area contributed by atoms with E-state index in [0.717, 1.165) is 30.8 Å². The Hall–Kier alpha value is -1.72. The minimum absolute atomic E-state index is 0.292. The lowest BCUT2D eigenvalue weighted by Gasteiger charge is -2.23. The molecule has 0 aromatic rings. The molecule has 0 aromatic carbocycles. The van der Waals surface area contributed by atoms with Crippen molar-refractivity contribution in [1.29, 1.82) is 0 Å². The van der Waals surface area contributed by atoms with Gasteiger partial charge in [-0.05, 0) is 19.3 Å². The van der Waals surface area contributed by atoms with Crippen LogP contribution in [0, 0.1) is 0 Å². The Balaban J connectivity index is 0.000000310. The van der Waals surface area contributed by atoms with E-state index < -0.39 is 42.5 Å². The van der Waals surface area contributed by atoms with Crippen LogP contribution in [0.4, 0.5) is 0 Å². The Morgan fingerprint density at radius 1 is 0.871 bits per heavy atom. The van der Waals surface area contributed by atoms with E-state index in [-0.39, 0.29) is 13.2 Å². The Labute approximate surface area is 190 Å². The highest BCUT2D eigenvalue weighted by Crippen LogP contribution is 2.34. The smallest absolute Gasteiger partial charge is 0.346 e. The molecule has 0 bridgehead atoms. The summed E-state index contributed by atoms with van der Waals surface area (Å²) in [6.07, 6.45) is 6.52. The van der Waals surface area contributed by atoms with Crippen LogP contribution in [-0.2, 0) is 39.6 Å². The van der Waals surface area contributed by atoms with Crippen molar-refractivity contribution in [2.24, 2.45) is 21.5 Å². The van der Waals surface area contributed by atoms with Crippen molar-refractivity contribution in [1.82, 2.24) is 0 Å². The molecule has 2 rings (SSSR count). The first kappa shape index (κ1) is 27.3. The summed E-state index contributed by atoms with van der Waals surface area (Å²) in [7, 11) is -5.33.